The molecule has 0 aromatic heterocycles. The van der Waals surface area contributed by atoms with Gasteiger partial charge in [0.2, 0.25) is 5.91 Å². The van der Waals surface area contributed by atoms with Crippen molar-refractivity contribution in [1.29, 1.82) is 0 Å². The van der Waals surface area contributed by atoms with E-state index in [1.165, 1.54) is 11.8 Å². The first-order valence-corrected chi connectivity index (χ1v) is 3.34. The molecule has 1 aliphatic rings. The Morgan fingerprint density at radius 2 is 2.27 bits per heavy atom. The molecule has 0 aromatic carbocycles. The third kappa shape index (κ3) is 1.39. The van der Waals surface area contributed by atoms with E-state index in [0.717, 1.165) is 0 Å². The van der Waals surface area contributed by atoms with E-state index in [2.05, 4.69) is 0 Å². The number of carboxylic acid groups (broad SMARTS) is 1. The van der Waals surface area contributed by atoms with Crippen molar-refractivity contribution in [2.24, 2.45) is 0 Å². The van der Waals surface area contributed by atoms with Gasteiger partial charge in [0.05, 0.1) is 0 Å². The largest absolute Gasteiger partial charge is 0.477 e. The molecule has 0 unspecified atom stereocenters. The van der Waals surface area contributed by atoms with Gasteiger partial charge < -0.3 is 10.0 Å². The maximum atomic E-state index is 10.8. The maximum absolute atomic E-state index is 10.8. The van der Waals surface area contributed by atoms with Gasteiger partial charge in [-0.2, -0.15) is 0 Å². The monoisotopic (exact) mass is 155 g/mol. The highest BCUT2D eigenvalue weighted by Crippen LogP contribution is 2.14. The molecular weight excluding hydrogens is 146 g/mol. The lowest BCUT2D eigenvalue weighted by Crippen LogP contribution is -2.28. The zero-order chi connectivity index (χ0) is 8.43. The lowest BCUT2D eigenvalue weighted by molar-refractivity contribution is -0.138. The number of aliphatic carboxylic acids is 1. The van der Waals surface area contributed by atoms with E-state index in [9.17, 15) is 9.59 Å². The molecule has 11 heavy (non-hydrogen) atoms. The van der Waals surface area contributed by atoms with Crippen molar-refractivity contribution in [2.45, 2.75) is 13.3 Å². The predicted molar refractivity (Wildman–Crippen MR) is 37.7 cm³/mol. The van der Waals surface area contributed by atoms with Crippen molar-refractivity contribution in [3.8, 4) is 0 Å². The lowest BCUT2D eigenvalue weighted by atomic mass is 10.4. The first kappa shape index (κ1) is 7.78. The highest BCUT2D eigenvalue weighted by atomic mass is 16.4. The van der Waals surface area contributed by atoms with Crippen LogP contribution in [-0.4, -0.2) is 28.4 Å². The van der Waals surface area contributed by atoms with Gasteiger partial charge in [-0.05, 0) is 6.42 Å². The number of carboxylic acids is 1. The summed E-state index contributed by atoms with van der Waals surface area (Å²) in [5.74, 6) is -1.24. The fraction of sp³-hybridized carbons (Fsp3) is 0.429. The molecule has 1 amide bonds. The van der Waals surface area contributed by atoms with Crippen molar-refractivity contribution in [3.05, 3.63) is 11.8 Å². The van der Waals surface area contributed by atoms with Crippen LogP contribution in [0.3, 0.4) is 0 Å². The molecule has 0 saturated carbocycles. The van der Waals surface area contributed by atoms with Gasteiger partial charge in [0, 0.05) is 13.5 Å². The molecule has 1 N–H and O–H groups in total. The Morgan fingerprint density at radius 1 is 1.64 bits per heavy atom. The Bertz CT molecular complexity index is 232. The minimum absolute atomic E-state index is 0.109. The van der Waals surface area contributed by atoms with E-state index in [-0.39, 0.29) is 11.6 Å². The second kappa shape index (κ2) is 2.74. The summed E-state index contributed by atoms with van der Waals surface area (Å²) in [7, 11) is 0. The topological polar surface area (TPSA) is 57.6 Å². The number of hydrogen-bond acceptors (Lipinski definition) is 2. The molecule has 1 heterocycles. The molecule has 0 radical (unpaired) electrons. The standard InChI is InChI=1S/C7H9NO3/c1-5(9)8-4-2-3-6(8)7(10)11/h3H,2,4H2,1H3,(H,10,11). The van der Waals surface area contributed by atoms with Crippen LogP contribution in [0.5, 0.6) is 0 Å². The molecule has 4 nitrogen and oxygen atoms in total. The molecule has 0 saturated heterocycles. The van der Waals surface area contributed by atoms with Crippen molar-refractivity contribution in [2.75, 3.05) is 6.54 Å². The average molecular weight is 155 g/mol. The Kier molecular flexibility index (Phi) is 1.94. The third-order valence-electron chi connectivity index (χ3n) is 1.58. The summed E-state index contributed by atoms with van der Waals surface area (Å²) < 4.78 is 0. The number of carbonyl (C=O) groups excluding carboxylic acids is 1. The van der Waals surface area contributed by atoms with Crippen molar-refractivity contribution in [3.63, 3.8) is 0 Å². The molecule has 0 bridgehead atoms. The smallest absolute Gasteiger partial charge is 0.352 e. The molecule has 0 aromatic rings. The number of rotatable bonds is 1. The maximum Gasteiger partial charge on any atom is 0.352 e. The van der Waals surface area contributed by atoms with E-state index < -0.39 is 5.97 Å². The van der Waals surface area contributed by atoms with Crippen LogP contribution in [0, 0.1) is 0 Å². The van der Waals surface area contributed by atoms with Crippen molar-refractivity contribution < 1.29 is 14.7 Å². The number of amides is 1. The minimum atomic E-state index is -1.03. The van der Waals surface area contributed by atoms with Gasteiger partial charge in [0.25, 0.3) is 0 Å². The van der Waals surface area contributed by atoms with Crippen molar-refractivity contribution in [1.82, 2.24) is 4.90 Å². The van der Waals surface area contributed by atoms with Gasteiger partial charge in [-0.15, -0.1) is 0 Å². The average Bonchev–Trinajstić information content (AvgIpc) is 2.32. The first-order chi connectivity index (χ1) is 5.13. The normalized spacial score (nSPS) is 16.5. The van der Waals surface area contributed by atoms with Crippen LogP contribution in [0.25, 0.3) is 0 Å². The van der Waals surface area contributed by atoms with Gasteiger partial charge in [-0.3, -0.25) is 4.79 Å². The molecular formula is C7H9NO3. The van der Waals surface area contributed by atoms with Crippen LogP contribution in [0.15, 0.2) is 11.8 Å². The van der Waals surface area contributed by atoms with E-state index in [0.29, 0.717) is 13.0 Å². The molecule has 1 aliphatic heterocycles. The van der Waals surface area contributed by atoms with E-state index in [1.807, 2.05) is 0 Å². The highest BCUT2D eigenvalue weighted by Gasteiger charge is 2.23. The number of nitrogens with zero attached hydrogens (tertiary/aromatic N) is 1. The van der Waals surface area contributed by atoms with Crippen LogP contribution in [0.1, 0.15) is 13.3 Å². The van der Waals surface area contributed by atoms with Gasteiger partial charge in [-0.1, -0.05) is 6.08 Å². The summed E-state index contributed by atoms with van der Waals surface area (Å²) in [6, 6.07) is 0. The van der Waals surface area contributed by atoms with Crippen LogP contribution in [0.4, 0.5) is 0 Å². The molecule has 0 aliphatic carbocycles. The number of hydrogen-bond donors (Lipinski definition) is 1. The molecule has 0 atom stereocenters. The third-order valence-corrected chi connectivity index (χ3v) is 1.58. The Balaban J connectivity index is 2.79. The van der Waals surface area contributed by atoms with E-state index in [4.69, 9.17) is 5.11 Å². The summed E-state index contributed by atoms with van der Waals surface area (Å²) in [4.78, 5) is 22.5. The zero-order valence-corrected chi connectivity index (χ0v) is 6.20. The Morgan fingerprint density at radius 3 is 2.64 bits per heavy atom. The fourth-order valence-electron chi connectivity index (χ4n) is 1.09. The van der Waals surface area contributed by atoms with Crippen LogP contribution >= 0.6 is 0 Å². The Labute approximate surface area is 64.1 Å². The van der Waals surface area contributed by atoms with Crippen LogP contribution in [-0.2, 0) is 9.59 Å². The minimum Gasteiger partial charge on any atom is -0.477 e. The molecule has 1 rings (SSSR count). The lowest BCUT2D eigenvalue weighted by Gasteiger charge is -2.14. The zero-order valence-electron chi connectivity index (χ0n) is 6.20. The second-order valence-electron chi connectivity index (χ2n) is 2.35. The molecule has 0 fully saturated rings. The SMILES string of the molecule is CC(=O)N1CCC=C1C(=O)O. The fourth-order valence-corrected chi connectivity index (χ4v) is 1.09. The van der Waals surface area contributed by atoms with Gasteiger partial charge >= 0.3 is 5.97 Å². The quantitative estimate of drug-likeness (QED) is 0.588. The second-order valence-corrected chi connectivity index (χ2v) is 2.35. The van der Waals surface area contributed by atoms with Crippen LogP contribution < -0.4 is 0 Å². The van der Waals surface area contributed by atoms with Gasteiger partial charge in [0.1, 0.15) is 5.70 Å². The van der Waals surface area contributed by atoms with E-state index >= 15 is 0 Å². The summed E-state index contributed by atoms with van der Waals surface area (Å²) in [5, 5.41) is 8.57. The predicted octanol–water partition coefficient (Wildman–Crippen LogP) is 0.207. The number of carbonyl (C=O) groups is 2. The van der Waals surface area contributed by atoms with Crippen LogP contribution in [0.2, 0.25) is 0 Å². The summed E-state index contributed by atoms with van der Waals surface area (Å²) >= 11 is 0. The van der Waals surface area contributed by atoms with Gasteiger partial charge in [0.15, 0.2) is 0 Å². The summed E-state index contributed by atoms with van der Waals surface area (Å²) in [6.45, 7) is 1.86. The molecule has 4 heteroatoms. The Hall–Kier alpha value is -1.32. The molecule has 0 spiro atoms. The van der Waals surface area contributed by atoms with Crippen molar-refractivity contribution >= 4 is 11.9 Å². The highest BCUT2D eigenvalue weighted by molar-refractivity contribution is 5.92. The van der Waals surface area contributed by atoms with E-state index in [1.54, 1.807) is 6.08 Å². The van der Waals surface area contributed by atoms with Gasteiger partial charge in [-0.25, -0.2) is 4.79 Å². The first-order valence-electron chi connectivity index (χ1n) is 3.34. The summed E-state index contributed by atoms with van der Waals surface area (Å²) in [5.41, 5.74) is 0.109. The summed E-state index contributed by atoms with van der Waals surface area (Å²) in [6.07, 6.45) is 2.20. The molecule has 60 valence electrons.